The molecule has 4 nitrogen and oxygen atoms in total. The Kier molecular flexibility index (Phi) is 10.9. The molecule has 1 N–H and O–H groups in total. The molecule has 0 aromatic heterocycles. The second kappa shape index (κ2) is 15.2. The zero-order valence-corrected chi connectivity index (χ0v) is 26.9. The van der Waals surface area contributed by atoms with E-state index in [4.69, 9.17) is 4.74 Å². The van der Waals surface area contributed by atoms with Gasteiger partial charge in [-0.05, 0) is 82.6 Å². The molecule has 0 saturated heterocycles. The van der Waals surface area contributed by atoms with Gasteiger partial charge in [-0.25, -0.2) is 4.79 Å². The zero-order valence-electron chi connectivity index (χ0n) is 26.9. The molecule has 5 rings (SSSR count). The van der Waals surface area contributed by atoms with Crippen LogP contribution in [0.25, 0.3) is 11.1 Å². The van der Waals surface area contributed by atoms with Gasteiger partial charge in [0, 0.05) is 41.6 Å². The Balaban J connectivity index is 1.49. The fourth-order valence-corrected chi connectivity index (χ4v) is 6.76. The van der Waals surface area contributed by atoms with Crippen molar-refractivity contribution in [3.8, 4) is 11.1 Å². The highest BCUT2D eigenvalue weighted by Gasteiger charge is 2.39. The summed E-state index contributed by atoms with van der Waals surface area (Å²) >= 11 is 0. The fourth-order valence-electron chi connectivity index (χ4n) is 6.76. The molecule has 4 heteroatoms. The van der Waals surface area contributed by atoms with Crippen LogP contribution in [0.3, 0.4) is 0 Å². The molecule has 1 aliphatic rings. The zero-order chi connectivity index (χ0) is 31.6. The van der Waals surface area contributed by atoms with E-state index in [1.165, 1.54) is 66.9 Å². The van der Waals surface area contributed by atoms with E-state index in [2.05, 4.69) is 116 Å². The van der Waals surface area contributed by atoms with Crippen molar-refractivity contribution >= 4 is 23.0 Å². The highest BCUT2D eigenvalue weighted by Crippen LogP contribution is 2.53. The van der Waals surface area contributed by atoms with Crippen LogP contribution in [0.5, 0.6) is 0 Å². The van der Waals surface area contributed by atoms with Crippen LogP contribution in [-0.2, 0) is 27.8 Å². The second-order valence-electron chi connectivity index (χ2n) is 12.4. The van der Waals surface area contributed by atoms with E-state index >= 15 is 0 Å². The Morgan fingerprint density at radius 2 is 1.38 bits per heavy atom. The van der Waals surface area contributed by atoms with Gasteiger partial charge in [0.2, 0.25) is 0 Å². The molecule has 0 bridgehead atoms. The molecule has 0 radical (unpaired) electrons. The largest absolute Gasteiger partial charge is 0.462 e. The number of esters is 1. The van der Waals surface area contributed by atoms with Crippen molar-refractivity contribution in [2.24, 2.45) is 0 Å². The van der Waals surface area contributed by atoms with Crippen LogP contribution in [0.4, 0.5) is 17.1 Å². The highest BCUT2D eigenvalue weighted by molar-refractivity contribution is 5.85. The molecule has 0 aliphatic heterocycles. The van der Waals surface area contributed by atoms with Gasteiger partial charge in [0.1, 0.15) is 0 Å². The van der Waals surface area contributed by atoms with Crippen molar-refractivity contribution in [2.45, 2.75) is 77.0 Å². The SMILES string of the molecule is C=CC(=O)OCCc1ccc(N(c2ccc(CCO)cc2)c2ccc3c(c2)C(C)(CCCCCCCC)c2ccccc2-3)cc1. The van der Waals surface area contributed by atoms with Crippen LogP contribution >= 0.6 is 0 Å². The van der Waals surface area contributed by atoms with Gasteiger partial charge in [0.25, 0.3) is 0 Å². The monoisotopic (exact) mass is 601 g/mol. The van der Waals surface area contributed by atoms with E-state index in [0.717, 1.165) is 34.6 Å². The topological polar surface area (TPSA) is 49.8 Å². The quantitative estimate of drug-likeness (QED) is 0.0789. The van der Waals surface area contributed by atoms with E-state index in [9.17, 15) is 9.90 Å². The third-order valence-corrected chi connectivity index (χ3v) is 9.29. The van der Waals surface area contributed by atoms with Crippen molar-refractivity contribution in [3.05, 3.63) is 126 Å². The second-order valence-corrected chi connectivity index (χ2v) is 12.4. The van der Waals surface area contributed by atoms with E-state index in [-0.39, 0.29) is 12.0 Å². The maximum Gasteiger partial charge on any atom is 0.330 e. The van der Waals surface area contributed by atoms with Crippen LogP contribution in [0.1, 0.15) is 81.0 Å². The van der Waals surface area contributed by atoms with Gasteiger partial charge in [-0.2, -0.15) is 0 Å². The average Bonchev–Trinajstić information content (AvgIpc) is 3.32. The predicted molar refractivity (Wildman–Crippen MR) is 187 cm³/mol. The van der Waals surface area contributed by atoms with E-state index in [0.29, 0.717) is 19.4 Å². The Morgan fingerprint density at radius 1 is 0.778 bits per heavy atom. The number of unbranched alkanes of at least 4 members (excludes halogenated alkanes) is 5. The number of rotatable bonds is 16. The molecule has 0 spiro atoms. The van der Waals surface area contributed by atoms with Crippen molar-refractivity contribution < 1.29 is 14.6 Å². The highest BCUT2D eigenvalue weighted by atomic mass is 16.5. The first kappa shape index (κ1) is 32.2. The standard InChI is InChI=1S/C41H47NO3/c1-4-6-7-8-9-12-27-41(3)38-14-11-10-13-36(38)37-24-23-35(30-39(37)41)42(33-19-15-31(16-20-33)25-28-43)34-21-17-32(18-22-34)26-29-45-40(44)5-2/h5,10-11,13-24,30,43H,2,4,6-9,12,25-29H2,1,3H3. The van der Waals surface area contributed by atoms with Crippen molar-refractivity contribution in [1.29, 1.82) is 0 Å². The molecule has 0 heterocycles. The lowest BCUT2D eigenvalue weighted by Gasteiger charge is -2.30. The number of hydrogen-bond acceptors (Lipinski definition) is 4. The minimum Gasteiger partial charge on any atom is -0.462 e. The molecule has 4 aromatic rings. The summed E-state index contributed by atoms with van der Waals surface area (Å²) < 4.78 is 5.20. The van der Waals surface area contributed by atoms with Gasteiger partial charge in [-0.15, -0.1) is 0 Å². The van der Waals surface area contributed by atoms with Gasteiger partial charge in [0.15, 0.2) is 0 Å². The number of fused-ring (bicyclic) bond motifs is 3. The Hall–Kier alpha value is -4.15. The lowest BCUT2D eigenvalue weighted by atomic mass is 9.76. The first-order chi connectivity index (χ1) is 22.0. The number of anilines is 3. The summed E-state index contributed by atoms with van der Waals surface area (Å²) in [6.07, 6.45) is 11.3. The van der Waals surface area contributed by atoms with Gasteiger partial charge >= 0.3 is 5.97 Å². The normalized spacial score (nSPS) is 14.9. The summed E-state index contributed by atoms with van der Waals surface area (Å²) in [5, 5.41) is 9.47. The smallest absolute Gasteiger partial charge is 0.330 e. The number of aliphatic hydroxyl groups is 1. The Labute approximate surface area is 269 Å². The minimum atomic E-state index is -0.398. The molecule has 0 saturated carbocycles. The summed E-state index contributed by atoms with van der Waals surface area (Å²) in [6, 6.07) is 32.9. The molecule has 1 unspecified atom stereocenters. The van der Waals surface area contributed by atoms with Crippen LogP contribution in [-0.4, -0.2) is 24.3 Å². The summed E-state index contributed by atoms with van der Waals surface area (Å²) in [7, 11) is 0. The number of benzene rings is 4. The van der Waals surface area contributed by atoms with Gasteiger partial charge in [-0.1, -0.05) is 114 Å². The van der Waals surface area contributed by atoms with Crippen LogP contribution in [0, 0.1) is 0 Å². The molecular weight excluding hydrogens is 554 g/mol. The maximum atomic E-state index is 11.5. The molecule has 4 aromatic carbocycles. The van der Waals surface area contributed by atoms with Gasteiger partial charge in [-0.3, -0.25) is 0 Å². The number of carbonyl (C=O) groups is 1. The number of ether oxygens (including phenoxy) is 1. The Morgan fingerprint density at radius 3 is 2.04 bits per heavy atom. The van der Waals surface area contributed by atoms with E-state index < -0.39 is 5.97 Å². The van der Waals surface area contributed by atoms with Gasteiger partial charge in [0.05, 0.1) is 6.61 Å². The van der Waals surface area contributed by atoms with Crippen molar-refractivity contribution in [3.63, 3.8) is 0 Å². The third kappa shape index (κ3) is 7.40. The maximum absolute atomic E-state index is 11.5. The first-order valence-corrected chi connectivity index (χ1v) is 16.6. The summed E-state index contributed by atoms with van der Waals surface area (Å²) in [5.41, 5.74) is 11.0. The summed E-state index contributed by atoms with van der Waals surface area (Å²) in [4.78, 5) is 13.8. The van der Waals surface area contributed by atoms with Crippen LogP contribution in [0.15, 0.2) is 104 Å². The fraction of sp³-hybridized carbons (Fsp3) is 0.341. The molecule has 0 amide bonds. The lowest BCUT2D eigenvalue weighted by Crippen LogP contribution is -2.21. The molecule has 234 valence electrons. The van der Waals surface area contributed by atoms with Crippen LogP contribution < -0.4 is 4.90 Å². The number of aliphatic hydroxyl groups excluding tert-OH is 1. The van der Waals surface area contributed by atoms with Gasteiger partial charge < -0.3 is 14.7 Å². The lowest BCUT2D eigenvalue weighted by molar-refractivity contribution is -0.137. The first-order valence-electron chi connectivity index (χ1n) is 16.6. The number of carbonyl (C=O) groups excluding carboxylic acids is 1. The summed E-state index contributed by atoms with van der Waals surface area (Å²) in [6.45, 7) is 8.64. The van der Waals surface area contributed by atoms with Crippen LogP contribution in [0.2, 0.25) is 0 Å². The molecule has 1 aliphatic carbocycles. The minimum absolute atomic E-state index is 0.0456. The Bertz CT molecular complexity index is 1570. The molecule has 0 fully saturated rings. The number of nitrogens with zero attached hydrogens (tertiary/aromatic N) is 1. The molecule has 45 heavy (non-hydrogen) atoms. The van der Waals surface area contributed by atoms with Crippen molar-refractivity contribution in [2.75, 3.05) is 18.1 Å². The van der Waals surface area contributed by atoms with E-state index in [1.807, 2.05) is 0 Å². The average molecular weight is 602 g/mol. The summed E-state index contributed by atoms with van der Waals surface area (Å²) in [5.74, 6) is -0.398. The van der Waals surface area contributed by atoms with Crippen molar-refractivity contribution in [1.82, 2.24) is 0 Å². The molecule has 1 atom stereocenters. The van der Waals surface area contributed by atoms with E-state index in [1.54, 1.807) is 0 Å². The number of hydrogen-bond donors (Lipinski definition) is 1. The molecular formula is C41H47NO3. The predicted octanol–water partition coefficient (Wildman–Crippen LogP) is 10.00. The third-order valence-electron chi connectivity index (χ3n) is 9.29.